The number of anilines is 1. The van der Waals surface area contributed by atoms with Gasteiger partial charge >= 0.3 is 0 Å². The molecule has 152 valence electrons. The van der Waals surface area contributed by atoms with Gasteiger partial charge in [0, 0.05) is 10.7 Å². The minimum Gasteiger partial charge on any atom is -0.484 e. The second kappa shape index (κ2) is 8.38. The molecule has 0 fully saturated rings. The third kappa shape index (κ3) is 4.42. The summed E-state index contributed by atoms with van der Waals surface area (Å²) in [5, 5.41) is 3.83. The van der Waals surface area contributed by atoms with E-state index in [1.165, 1.54) is 5.56 Å². The van der Waals surface area contributed by atoms with E-state index >= 15 is 0 Å². The van der Waals surface area contributed by atoms with Gasteiger partial charge in [-0.2, -0.15) is 0 Å². The largest absolute Gasteiger partial charge is 0.484 e. The molecular formula is C23H18Cl2N2O3. The number of rotatable bonds is 5. The van der Waals surface area contributed by atoms with Crippen LogP contribution in [0.4, 0.5) is 5.69 Å². The van der Waals surface area contributed by atoms with Crippen molar-refractivity contribution in [2.75, 3.05) is 11.9 Å². The van der Waals surface area contributed by atoms with Gasteiger partial charge in [0.15, 0.2) is 12.2 Å². The Morgan fingerprint density at radius 2 is 1.87 bits per heavy atom. The summed E-state index contributed by atoms with van der Waals surface area (Å²) in [5.74, 6) is 0.747. The van der Waals surface area contributed by atoms with Gasteiger partial charge in [0.25, 0.3) is 5.91 Å². The van der Waals surface area contributed by atoms with E-state index in [9.17, 15) is 4.79 Å². The van der Waals surface area contributed by atoms with E-state index in [4.69, 9.17) is 32.4 Å². The van der Waals surface area contributed by atoms with Crippen molar-refractivity contribution in [1.82, 2.24) is 4.98 Å². The first-order valence-electron chi connectivity index (χ1n) is 9.25. The molecule has 1 aromatic heterocycles. The first kappa shape index (κ1) is 20.3. The topological polar surface area (TPSA) is 64.4 Å². The van der Waals surface area contributed by atoms with Crippen molar-refractivity contribution in [2.24, 2.45) is 0 Å². The fourth-order valence-corrected chi connectivity index (χ4v) is 3.30. The molecule has 30 heavy (non-hydrogen) atoms. The number of fused-ring (bicyclic) bond motifs is 1. The van der Waals surface area contributed by atoms with Gasteiger partial charge in [0.2, 0.25) is 5.89 Å². The van der Waals surface area contributed by atoms with Crippen LogP contribution in [0.2, 0.25) is 10.0 Å². The first-order valence-corrected chi connectivity index (χ1v) is 10.0. The van der Waals surface area contributed by atoms with Crippen molar-refractivity contribution >= 4 is 45.9 Å². The molecule has 1 amide bonds. The number of benzene rings is 3. The van der Waals surface area contributed by atoms with Crippen molar-refractivity contribution in [3.8, 4) is 17.2 Å². The first-order chi connectivity index (χ1) is 14.4. The molecule has 1 heterocycles. The zero-order chi connectivity index (χ0) is 21.3. The summed E-state index contributed by atoms with van der Waals surface area (Å²) in [6.45, 7) is 3.93. The van der Waals surface area contributed by atoms with Gasteiger partial charge in [-0.25, -0.2) is 4.98 Å². The summed E-state index contributed by atoms with van der Waals surface area (Å²) < 4.78 is 11.4. The Bertz CT molecular complexity index is 1250. The van der Waals surface area contributed by atoms with Crippen LogP contribution in [0.1, 0.15) is 11.1 Å². The number of aryl methyl sites for hydroxylation is 2. The predicted molar refractivity (Wildman–Crippen MR) is 120 cm³/mol. The zero-order valence-electron chi connectivity index (χ0n) is 16.3. The van der Waals surface area contributed by atoms with Crippen LogP contribution in [0.5, 0.6) is 5.75 Å². The second-order valence-corrected chi connectivity index (χ2v) is 7.75. The van der Waals surface area contributed by atoms with E-state index in [0.29, 0.717) is 44.0 Å². The van der Waals surface area contributed by atoms with Crippen LogP contribution in [0.3, 0.4) is 0 Å². The smallest absolute Gasteiger partial charge is 0.262 e. The number of hydrogen-bond acceptors (Lipinski definition) is 4. The summed E-state index contributed by atoms with van der Waals surface area (Å²) >= 11 is 12.3. The van der Waals surface area contributed by atoms with Crippen LogP contribution in [0.25, 0.3) is 22.6 Å². The standard InChI is InChI=1S/C23H18Cl2N2O3/c1-13-3-6-17(9-14(13)2)29-12-22(28)26-16-5-8-21-20(11-16)27-23(30-21)18-10-15(24)4-7-19(18)25/h3-11H,12H2,1-2H3,(H,26,28). The molecule has 5 nitrogen and oxygen atoms in total. The van der Waals surface area contributed by atoms with Gasteiger partial charge in [-0.05, 0) is 73.5 Å². The quantitative estimate of drug-likeness (QED) is 0.387. The molecule has 0 atom stereocenters. The van der Waals surface area contributed by atoms with E-state index in [0.717, 1.165) is 5.56 Å². The summed E-state index contributed by atoms with van der Waals surface area (Å²) in [6.07, 6.45) is 0. The Labute approximate surface area is 183 Å². The maximum atomic E-state index is 12.3. The minimum atomic E-state index is -0.269. The average Bonchev–Trinajstić information content (AvgIpc) is 3.14. The lowest BCUT2D eigenvalue weighted by Crippen LogP contribution is -2.20. The highest BCUT2D eigenvalue weighted by molar-refractivity contribution is 6.35. The molecule has 7 heteroatoms. The number of nitrogens with one attached hydrogen (secondary N) is 1. The molecule has 0 saturated heterocycles. The Balaban J connectivity index is 1.47. The molecule has 4 rings (SSSR count). The fraction of sp³-hybridized carbons (Fsp3) is 0.130. The number of ether oxygens (including phenoxy) is 1. The third-order valence-corrected chi connectivity index (χ3v) is 5.24. The van der Waals surface area contributed by atoms with Crippen molar-refractivity contribution in [3.63, 3.8) is 0 Å². The molecule has 0 spiro atoms. The normalized spacial score (nSPS) is 10.9. The Morgan fingerprint density at radius 3 is 2.67 bits per heavy atom. The summed E-state index contributed by atoms with van der Waals surface area (Å²) in [5.41, 5.74) is 4.64. The van der Waals surface area contributed by atoms with Gasteiger partial charge in [0.05, 0.1) is 10.6 Å². The van der Waals surface area contributed by atoms with E-state index in [1.807, 2.05) is 32.0 Å². The van der Waals surface area contributed by atoms with Crippen LogP contribution in [-0.2, 0) is 4.79 Å². The molecule has 3 aromatic carbocycles. The molecule has 0 unspecified atom stereocenters. The van der Waals surface area contributed by atoms with Crippen LogP contribution in [0.15, 0.2) is 59.0 Å². The van der Waals surface area contributed by atoms with E-state index in [2.05, 4.69) is 10.3 Å². The number of carbonyl (C=O) groups excluding carboxylic acids is 1. The van der Waals surface area contributed by atoms with Crippen LogP contribution in [0, 0.1) is 13.8 Å². The number of amides is 1. The highest BCUT2D eigenvalue weighted by atomic mass is 35.5. The number of nitrogens with zero attached hydrogens (tertiary/aromatic N) is 1. The number of carbonyl (C=O) groups is 1. The van der Waals surface area contributed by atoms with Crippen molar-refractivity contribution in [1.29, 1.82) is 0 Å². The van der Waals surface area contributed by atoms with Gasteiger partial charge in [-0.1, -0.05) is 29.3 Å². The van der Waals surface area contributed by atoms with E-state index < -0.39 is 0 Å². The van der Waals surface area contributed by atoms with Gasteiger partial charge in [-0.15, -0.1) is 0 Å². The second-order valence-electron chi connectivity index (χ2n) is 6.91. The zero-order valence-corrected chi connectivity index (χ0v) is 17.8. The fourth-order valence-electron chi connectivity index (χ4n) is 2.93. The Hall–Kier alpha value is -3.02. The maximum absolute atomic E-state index is 12.3. The molecular weight excluding hydrogens is 423 g/mol. The van der Waals surface area contributed by atoms with E-state index in [1.54, 1.807) is 36.4 Å². The molecule has 0 saturated carbocycles. The number of aromatic nitrogens is 1. The highest BCUT2D eigenvalue weighted by Crippen LogP contribution is 2.32. The molecule has 4 aromatic rings. The van der Waals surface area contributed by atoms with Gasteiger partial charge in [-0.3, -0.25) is 4.79 Å². The van der Waals surface area contributed by atoms with Gasteiger partial charge in [0.1, 0.15) is 11.3 Å². The summed E-state index contributed by atoms with van der Waals surface area (Å²) in [7, 11) is 0. The summed E-state index contributed by atoms with van der Waals surface area (Å²) in [4.78, 5) is 16.7. The number of oxazole rings is 1. The van der Waals surface area contributed by atoms with Crippen molar-refractivity contribution in [3.05, 3.63) is 75.8 Å². The van der Waals surface area contributed by atoms with Crippen molar-refractivity contribution < 1.29 is 13.9 Å². The molecule has 1 N–H and O–H groups in total. The van der Waals surface area contributed by atoms with Crippen LogP contribution >= 0.6 is 23.2 Å². The van der Waals surface area contributed by atoms with Crippen molar-refractivity contribution in [2.45, 2.75) is 13.8 Å². The molecule has 0 bridgehead atoms. The number of halogens is 2. The maximum Gasteiger partial charge on any atom is 0.262 e. The van der Waals surface area contributed by atoms with E-state index in [-0.39, 0.29) is 12.5 Å². The Kier molecular flexibility index (Phi) is 5.66. The summed E-state index contributed by atoms with van der Waals surface area (Å²) in [6, 6.07) is 16.0. The monoisotopic (exact) mass is 440 g/mol. The third-order valence-electron chi connectivity index (χ3n) is 4.68. The number of hydrogen-bond donors (Lipinski definition) is 1. The highest BCUT2D eigenvalue weighted by Gasteiger charge is 2.13. The molecule has 0 radical (unpaired) electrons. The predicted octanol–water partition coefficient (Wildman–Crippen LogP) is 6.44. The van der Waals surface area contributed by atoms with Gasteiger partial charge < -0.3 is 14.5 Å². The Morgan fingerprint density at radius 1 is 1.03 bits per heavy atom. The lowest BCUT2D eigenvalue weighted by Gasteiger charge is -2.09. The van der Waals surface area contributed by atoms with Crippen LogP contribution in [-0.4, -0.2) is 17.5 Å². The lowest BCUT2D eigenvalue weighted by molar-refractivity contribution is -0.118. The van der Waals surface area contributed by atoms with Crippen LogP contribution < -0.4 is 10.1 Å². The SMILES string of the molecule is Cc1ccc(OCC(=O)Nc2ccc3oc(-c4cc(Cl)ccc4Cl)nc3c2)cc1C. The lowest BCUT2D eigenvalue weighted by atomic mass is 10.1. The minimum absolute atomic E-state index is 0.0945. The molecule has 0 aliphatic rings. The molecule has 0 aliphatic carbocycles. The average molecular weight is 441 g/mol. The molecule has 0 aliphatic heterocycles.